The van der Waals surface area contributed by atoms with E-state index in [-0.39, 0.29) is 70.7 Å². The van der Waals surface area contributed by atoms with Crippen molar-refractivity contribution in [3.05, 3.63) is 314 Å². The van der Waals surface area contributed by atoms with Gasteiger partial charge in [-0.25, -0.2) is 4.98 Å². The molecule has 1 aliphatic rings. The van der Waals surface area contributed by atoms with Crippen LogP contribution in [0.15, 0.2) is 273 Å². The number of rotatable bonds is 12. The number of para-hydroxylation sites is 6. The Morgan fingerprint density at radius 1 is 0.392 bits per heavy atom. The molecule has 3 aromatic heterocycles. The summed E-state index contributed by atoms with van der Waals surface area (Å²) in [4.78, 5) is 8.83. The van der Waals surface area contributed by atoms with Crippen LogP contribution >= 0.6 is 0 Å². The van der Waals surface area contributed by atoms with Crippen LogP contribution in [-0.2, 0) is 42.7 Å². The van der Waals surface area contributed by atoms with E-state index in [9.17, 15) is 5.48 Å². The summed E-state index contributed by atoms with van der Waals surface area (Å²) in [5.74, 6) is 2.55. The predicted octanol–water partition coefficient (Wildman–Crippen LogP) is 25.7. The summed E-state index contributed by atoms with van der Waals surface area (Å²) in [5, 5.41) is 4.12. The van der Waals surface area contributed by atoms with Crippen LogP contribution in [0.4, 0.5) is 22.7 Å². The van der Waals surface area contributed by atoms with Gasteiger partial charge in [0.1, 0.15) is 17.3 Å². The molecule has 8 heteroatoms. The minimum atomic E-state index is -0.578. The number of hydrogen-bond donors (Lipinski definition) is 0. The van der Waals surface area contributed by atoms with E-state index >= 15 is 0 Å². The van der Waals surface area contributed by atoms with Gasteiger partial charge in [-0.1, -0.05) is 270 Å². The summed E-state index contributed by atoms with van der Waals surface area (Å²) in [5.41, 5.74) is 14.9. The quantitative estimate of drug-likeness (QED) is 0.114. The molecule has 1 aliphatic heterocycles. The number of pyridine rings is 1. The van der Waals surface area contributed by atoms with Crippen LogP contribution in [0.3, 0.4) is 0 Å². The summed E-state index contributed by atoms with van der Waals surface area (Å²) in [6, 6.07) is 71.6. The minimum absolute atomic E-state index is 0. The zero-order valence-corrected chi connectivity index (χ0v) is 61.4. The molecule has 4 heterocycles. The third-order valence-corrected chi connectivity index (χ3v) is 19.3. The van der Waals surface area contributed by atoms with E-state index < -0.39 is 60.4 Å². The molecule has 16 rings (SSSR count). The summed E-state index contributed by atoms with van der Waals surface area (Å²) in [7, 11) is 0. The molecule has 0 N–H and O–H groups in total. The van der Waals surface area contributed by atoms with Crippen LogP contribution < -0.4 is 19.3 Å². The van der Waals surface area contributed by atoms with Gasteiger partial charge < -0.3 is 28.4 Å². The molecule has 0 saturated carbocycles. The molecule has 0 atom stereocenters. The molecule has 0 aliphatic carbocycles. The monoisotopic (exact) mass is 1520 g/mol. The smallest absolute Gasteiger partial charge is 0.143 e. The number of benzene rings is 12. The SMILES string of the molecule is [2H]c1c([2H])c([2H])c(-c2cccc(-c3c([2H])c([2H])c([2H])c([2H])c3[2H])c2N2[CH-]N(c3[c-]c(Oc4[c-]c5c(cc4)c4cc(-n6c7ccccc7c7ccccc76)ccc4n5-c4cc(Oc5c(-c6cc(C(C)(C)C)cc(C(C)(C)C)c6)cccc5-c5cc(C(C)(C)C)cc(C(C)(C)C)c5)ccn4)ccc3)c3ccccc32)c([2H])c1[2H].[Pt]. The first kappa shape index (κ1) is 56.0. The zero-order valence-electron chi connectivity index (χ0n) is 69.2. The Morgan fingerprint density at radius 2 is 0.882 bits per heavy atom. The molecule has 0 radical (unpaired) electrons. The molecule has 12 aromatic carbocycles. The maximum absolute atomic E-state index is 9.22. The Kier molecular flexibility index (Phi) is 14.3. The molecule has 0 saturated heterocycles. The fourth-order valence-corrected chi connectivity index (χ4v) is 13.9. The molecular weight excluding hydrogens is 1430 g/mol. The maximum atomic E-state index is 9.22. The Labute approximate surface area is 628 Å². The zero-order chi connectivity index (χ0) is 78.4. The van der Waals surface area contributed by atoms with Crippen molar-refractivity contribution in [1.29, 1.82) is 0 Å². The first-order valence-corrected chi connectivity index (χ1v) is 34.3. The number of hydrogen-bond acceptors (Lipinski definition) is 5. The predicted molar refractivity (Wildman–Crippen MR) is 422 cm³/mol. The number of nitrogens with zero attached hydrogens (tertiary/aromatic N) is 5. The van der Waals surface area contributed by atoms with Gasteiger partial charge in [0.25, 0.3) is 0 Å². The number of ether oxygens (including phenoxy) is 2. The Morgan fingerprint density at radius 3 is 1.43 bits per heavy atom. The Balaban J connectivity index is 0.00000992. The average molecular weight is 1520 g/mol. The van der Waals surface area contributed by atoms with Crippen LogP contribution in [0.1, 0.15) is 119 Å². The van der Waals surface area contributed by atoms with E-state index in [0.29, 0.717) is 51.4 Å². The molecule has 0 amide bonds. The molecule has 508 valence electrons. The van der Waals surface area contributed by atoms with Crippen molar-refractivity contribution in [2.45, 2.75) is 105 Å². The molecule has 15 aromatic rings. The van der Waals surface area contributed by atoms with Gasteiger partial charge in [-0.2, -0.15) is 12.1 Å². The Hall–Kier alpha value is -10.7. The van der Waals surface area contributed by atoms with Gasteiger partial charge in [-0.05, 0) is 120 Å². The molecule has 0 spiro atoms. The third kappa shape index (κ3) is 12.5. The van der Waals surface area contributed by atoms with Crippen molar-refractivity contribution in [2.75, 3.05) is 9.80 Å². The van der Waals surface area contributed by atoms with Crippen LogP contribution in [0.5, 0.6) is 23.0 Å². The number of aromatic nitrogens is 3. The van der Waals surface area contributed by atoms with E-state index in [4.69, 9.17) is 22.7 Å². The van der Waals surface area contributed by atoms with Gasteiger partial charge in [0.15, 0.2) is 0 Å². The van der Waals surface area contributed by atoms with Gasteiger partial charge in [0, 0.05) is 106 Å². The van der Waals surface area contributed by atoms with Crippen LogP contribution in [0.2, 0.25) is 0 Å². The molecule has 7 nitrogen and oxygen atoms in total. The van der Waals surface area contributed by atoms with E-state index in [2.05, 4.69) is 232 Å². The van der Waals surface area contributed by atoms with Crippen molar-refractivity contribution in [1.82, 2.24) is 14.1 Å². The fourth-order valence-electron chi connectivity index (χ4n) is 13.9. The molecular formula is C94H82N5O2Pt-3. The standard InChI is InChI=1S/C94H82N5O2.Pt/c1-91(2,3)65-50-63(51-66(54-65)92(4,5)6)76-38-27-39-77(64-52-67(93(7,8)9)55-68(53-64)94(10,11)12)90(76)101-73-48-49-95-88(59-73)99-84-47-44-70(98-82-40-21-19-34-78(82)79-35-20-22-41-83(79)98)57-81(84)80-46-45-72(58-87(80)99)100-71-33-25-32-69(56-71)96-60-97(86-43-24-23-42-85(86)96)89-74(61-28-15-13-16-29-61)36-26-37-75(89)62-30-17-14-18-31-62;/h13-55,57,59-60H,1-12H3;/q-3;/i13D,14D,15D,16D,17D,18D,28D,29D,30D,31D;. The number of anilines is 4. The number of fused-ring (bicyclic) bond motifs is 7. The van der Waals surface area contributed by atoms with Crippen LogP contribution in [0, 0.1) is 18.8 Å². The maximum Gasteiger partial charge on any atom is 0.143 e. The third-order valence-electron chi connectivity index (χ3n) is 19.3. The van der Waals surface area contributed by atoms with Crippen LogP contribution in [-0.4, -0.2) is 14.1 Å². The fraction of sp³-hybridized carbons (Fsp3) is 0.170. The van der Waals surface area contributed by atoms with Crippen molar-refractivity contribution >= 4 is 66.4 Å². The van der Waals surface area contributed by atoms with Gasteiger partial charge in [-0.15, -0.1) is 48.1 Å². The van der Waals surface area contributed by atoms with E-state index in [1.807, 2.05) is 59.5 Å². The Bertz CT molecular complexity index is 6000. The van der Waals surface area contributed by atoms with E-state index in [0.717, 1.165) is 66.0 Å². The van der Waals surface area contributed by atoms with Gasteiger partial charge in [0.05, 0.1) is 24.7 Å². The van der Waals surface area contributed by atoms with E-state index in [1.54, 1.807) is 42.0 Å². The second-order valence-electron chi connectivity index (χ2n) is 30.3. The first-order chi connectivity index (χ1) is 52.7. The van der Waals surface area contributed by atoms with Gasteiger partial charge >= 0.3 is 0 Å². The molecule has 0 unspecified atom stereocenters. The summed E-state index contributed by atoms with van der Waals surface area (Å²) in [6.07, 6.45) is 1.80. The van der Waals surface area contributed by atoms with Crippen molar-refractivity contribution in [3.8, 4) is 79.0 Å². The van der Waals surface area contributed by atoms with E-state index in [1.165, 1.54) is 22.3 Å². The van der Waals surface area contributed by atoms with Gasteiger partial charge in [0.2, 0.25) is 0 Å². The normalized spacial score (nSPS) is 14.1. The largest absolute Gasteiger partial charge is 0.509 e. The van der Waals surface area contributed by atoms with Crippen molar-refractivity contribution in [2.24, 2.45) is 0 Å². The van der Waals surface area contributed by atoms with Gasteiger partial charge in [-0.3, -0.25) is 0 Å². The molecule has 0 bridgehead atoms. The second kappa shape index (κ2) is 26.0. The van der Waals surface area contributed by atoms with Crippen molar-refractivity contribution < 1.29 is 44.2 Å². The summed E-state index contributed by atoms with van der Waals surface area (Å²) < 4.78 is 108. The molecule has 102 heavy (non-hydrogen) atoms. The second-order valence-corrected chi connectivity index (χ2v) is 30.3. The minimum Gasteiger partial charge on any atom is -0.509 e. The molecule has 0 fully saturated rings. The first-order valence-electron chi connectivity index (χ1n) is 39.3. The summed E-state index contributed by atoms with van der Waals surface area (Å²) >= 11 is 0. The summed E-state index contributed by atoms with van der Waals surface area (Å²) in [6.45, 7) is 28.9. The van der Waals surface area contributed by atoms with Crippen molar-refractivity contribution in [3.63, 3.8) is 0 Å². The van der Waals surface area contributed by atoms with Crippen LogP contribution in [0.25, 0.3) is 99.6 Å². The average Bonchev–Trinajstić information content (AvgIpc) is 1.33. The topological polar surface area (TPSA) is 47.7 Å².